The van der Waals surface area contributed by atoms with Crippen molar-refractivity contribution in [3.63, 3.8) is 0 Å². The minimum Gasteiger partial charge on any atom is -0.399 e. The third-order valence-corrected chi connectivity index (χ3v) is 3.94. The Morgan fingerprint density at radius 1 is 1.33 bits per heavy atom. The minimum atomic E-state index is 0.0220. The monoisotopic (exact) mass is 345 g/mol. The smallest absolute Gasteiger partial charge is 0.256 e. The normalized spacial score (nSPS) is 14.0. The van der Waals surface area contributed by atoms with Crippen molar-refractivity contribution in [2.45, 2.75) is 25.4 Å². The molecule has 1 aliphatic rings. The van der Waals surface area contributed by atoms with Crippen LogP contribution in [0.5, 0.6) is 0 Å². The first-order valence-electron chi connectivity index (χ1n) is 6.89. The van der Waals surface area contributed by atoms with Crippen molar-refractivity contribution in [3.05, 3.63) is 58.3 Å². The Morgan fingerprint density at radius 2 is 2.14 bits per heavy atom. The number of rotatable bonds is 4. The van der Waals surface area contributed by atoms with Crippen molar-refractivity contribution >= 4 is 27.5 Å². The van der Waals surface area contributed by atoms with E-state index in [2.05, 4.69) is 20.9 Å². The van der Waals surface area contributed by atoms with Crippen LogP contribution in [-0.4, -0.2) is 21.8 Å². The molecule has 108 valence electrons. The molecule has 0 atom stereocenters. The van der Waals surface area contributed by atoms with Crippen molar-refractivity contribution in [2.75, 3.05) is 5.73 Å². The van der Waals surface area contributed by atoms with Crippen LogP contribution in [0, 0.1) is 0 Å². The third kappa shape index (κ3) is 3.42. The zero-order valence-electron chi connectivity index (χ0n) is 11.5. The maximum absolute atomic E-state index is 12.7. The van der Waals surface area contributed by atoms with Gasteiger partial charge in [0, 0.05) is 35.1 Å². The molecule has 0 saturated heterocycles. The number of nitrogen functional groups attached to an aromatic ring is 1. The molecule has 1 aromatic heterocycles. The Kier molecular flexibility index (Phi) is 3.92. The van der Waals surface area contributed by atoms with E-state index >= 15 is 0 Å². The summed E-state index contributed by atoms with van der Waals surface area (Å²) in [5.74, 6) is 0.0220. The zero-order chi connectivity index (χ0) is 14.8. The molecule has 0 unspecified atom stereocenters. The van der Waals surface area contributed by atoms with Crippen LogP contribution in [0.1, 0.15) is 28.8 Å². The van der Waals surface area contributed by atoms with E-state index < -0.39 is 0 Å². The molecule has 1 fully saturated rings. The van der Waals surface area contributed by atoms with Gasteiger partial charge in [-0.05, 0) is 52.5 Å². The number of pyridine rings is 1. The predicted molar refractivity (Wildman–Crippen MR) is 85.7 cm³/mol. The van der Waals surface area contributed by atoms with Gasteiger partial charge in [0.1, 0.15) is 0 Å². The van der Waals surface area contributed by atoms with Gasteiger partial charge in [0.05, 0.1) is 5.56 Å². The number of hydrogen-bond acceptors (Lipinski definition) is 3. The average Bonchev–Trinajstić information content (AvgIpc) is 3.29. The first-order chi connectivity index (χ1) is 10.1. The molecule has 1 heterocycles. The highest BCUT2D eigenvalue weighted by molar-refractivity contribution is 9.10. The molecule has 0 radical (unpaired) electrons. The van der Waals surface area contributed by atoms with E-state index in [1.54, 1.807) is 12.4 Å². The summed E-state index contributed by atoms with van der Waals surface area (Å²) in [7, 11) is 0. The van der Waals surface area contributed by atoms with Crippen LogP contribution < -0.4 is 5.73 Å². The van der Waals surface area contributed by atoms with Crippen molar-refractivity contribution in [1.82, 2.24) is 9.88 Å². The number of carbonyl (C=O) groups excluding carboxylic acids is 1. The van der Waals surface area contributed by atoms with Crippen LogP contribution in [0.15, 0.2) is 47.2 Å². The molecule has 1 aliphatic carbocycles. The standard InChI is InChI=1S/C16H16BrN3O/c17-13-7-12(8-19-9-13)16(21)20(15-4-5-15)10-11-2-1-3-14(18)6-11/h1-3,6-9,15H,4-5,10,18H2. The highest BCUT2D eigenvalue weighted by Crippen LogP contribution is 2.30. The Bertz CT molecular complexity index is 670. The summed E-state index contributed by atoms with van der Waals surface area (Å²) in [6, 6.07) is 9.83. The van der Waals surface area contributed by atoms with Gasteiger partial charge in [0.15, 0.2) is 0 Å². The van der Waals surface area contributed by atoms with Gasteiger partial charge in [-0.2, -0.15) is 0 Å². The highest BCUT2D eigenvalue weighted by Gasteiger charge is 2.33. The van der Waals surface area contributed by atoms with Gasteiger partial charge in [-0.25, -0.2) is 0 Å². The average molecular weight is 346 g/mol. The van der Waals surface area contributed by atoms with E-state index in [-0.39, 0.29) is 5.91 Å². The summed E-state index contributed by atoms with van der Waals surface area (Å²) < 4.78 is 0.813. The fraction of sp³-hybridized carbons (Fsp3) is 0.250. The molecule has 21 heavy (non-hydrogen) atoms. The van der Waals surface area contributed by atoms with Crippen molar-refractivity contribution < 1.29 is 4.79 Å². The van der Waals surface area contributed by atoms with E-state index in [0.29, 0.717) is 18.2 Å². The number of nitrogens with two attached hydrogens (primary N) is 1. The van der Waals surface area contributed by atoms with Crippen molar-refractivity contribution in [3.8, 4) is 0 Å². The van der Waals surface area contributed by atoms with E-state index in [1.807, 2.05) is 35.2 Å². The zero-order valence-corrected chi connectivity index (χ0v) is 13.1. The third-order valence-electron chi connectivity index (χ3n) is 3.50. The number of halogens is 1. The number of benzene rings is 1. The Balaban J connectivity index is 1.83. The van der Waals surface area contributed by atoms with E-state index in [1.165, 1.54) is 0 Å². The summed E-state index contributed by atoms with van der Waals surface area (Å²) in [5.41, 5.74) is 8.20. The lowest BCUT2D eigenvalue weighted by Gasteiger charge is -2.22. The Labute approximate surface area is 132 Å². The van der Waals surface area contributed by atoms with Crippen LogP contribution in [0.2, 0.25) is 0 Å². The summed E-state index contributed by atoms with van der Waals surface area (Å²) in [6.07, 6.45) is 5.42. The molecule has 1 saturated carbocycles. The van der Waals surface area contributed by atoms with Crippen molar-refractivity contribution in [2.24, 2.45) is 0 Å². The van der Waals surface area contributed by atoms with Gasteiger partial charge in [-0.1, -0.05) is 12.1 Å². The van der Waals surface area contributed by atoms with E-state index in [0.717, 1.165) is 28.6 Å². The molecule has 2 N–H and O–H groups in total. The number of aromatic nitrogens is 1. The highest BCUT2D eigenvalue weighted by atomic mass is 79.9. The molecule has 2 aromatic rings. The maximum Gasteiger partial charge on any atom is 0.256 e. The number of nitrogens with zero attached hydrogens (tertiary/aromatic N) is 2. The molecule has 3 rings (SSSR count). The molecule has 0 aliphatic heterocycles. The summed E-state index contributed by atoms with van der Waals surface area (Å²) in [4.78, 5) is 18.7. The van der Waals surface area contributed by atoms with Gasteiger partial charge >= 0.3 is 0 Å². The number of amides is 1. The van der Waals surface area contributed by atoms with Gasteiger partial charge in [-0.15, -0.1) is 0 Å². The van der Waals surface area contributed by atoms with Gasteiger partial charge in [-0.3, -0.25) is 9.78 Å². The van der Waals surface area contributed by atoms with E-state index in [4.69, 9.17) is 5.73 Å². The van der Waals surface area contributed by atoms with Crippen LogP contribution in [0.4, 0.5) is 5.69 Å². The fourth-order valence-corrected chi connectivity index (χ4v) is 2.70. The quantitative estimate of drug-likeness (QED) is 0.865. The van der Waals surface area contributed by atoms with Crippen LogP contribution in [-0.2, 0) is 6.54 Å². The first-order valence-corrected chi connectivity index (χ1v) is 7.69. The molecular formula is C16H16BrN3O. The summed E-state index contributed by atoms with van der Waals surface area (Å²) in [5, 5.41) is 0. The SMILES string of the molecule is Nc1cccc(CN(C(=O)c2cncc(Br)c2)C2CC2)c1. The predicted octanol–water partition coefficient (Wildman–Crippen LogP) is 3.23. The minimum absolute atomic E-state index is 0.0220. The molecule has 0 bridgehead atoms. The first kappa shape index (κ1) is 14.1. The second-order valence-electron chi connectivity index (χ2n) is 5.30. The molecule has 4 nitrogen and oxygen atoms in total. The lowest BCUT2D eigenvalue weighted by Crippen LogP contribution is -2.32. The lowest BCUT2D eigenvalue weighted by atomic mass is 10.1. The Hall–Kier alpha value is -1.88. The van der Waals surface area contributed by atoms with E-state index in [9.17, 15) is 4.79 Å². The van der Waals surface area contributed by atoms with Crippen LogP contribution >= 0.6 is 15.9 Å². The summed E-state index contributed by atoms with van der Waals surface area (Å²) in [6.45, 7) is 0.584. The second-order valence-corrected chi connectivity index (χ2v) is 6.22. The number of carbonyl (C=O) groups is 1. The Morgan fingerprint density at radius 3 is 2.81 bits per heavy atom. The fourth-order valence-electron chi connectivity index (χ4n) is 2.34. The van der Waals surface area contributed by atoms with Gasteiger partial charge in [0.2, 0.25) is 0 Å². The second kappa shape index (κ2) is 5.85. The van der Waals surface area contributed by atoms with Crippen LogP contribution in [0.25, 0.3) is 0 Å². The number of anilines is 1. The largest absolute Gasteiger partial charge is 0.399 e. The molecule has 1 amide bonds. The molecule has 5 heteroatoms. The maximum atomic E-state index is 12.7. The number of hydrogen-bond donors (Lipinski definition) is 1. The molecule has 0 spiro atoms. The van der Waals surface area contributed by atoms with Gasteiger partial charge < -0.3 is 10.6 Å². The molecular weight excluding hydrogens is 330 g/mol. The van der Waals surface area contributed by atoms with Gasteiger partial charge in [0.25, 0.3) is 5.91 Å². The summed E-state index contributed by atoms with van der Waals surface area (Å²) >= 11 is 3.36. The topological polar surface area (TPSA) is 59.2 Å². The lowest BCUT2D eigenvalue weighted by molar-refractivity contribution is 0.0729. The molecule has 1 aromatic carbocycles. The van der Waals surface area contributed by atoms with Crippen molar-refractivity contribution in [1.29, 1.82) is 0 Å². The van der Waals surface area contributed by atoms with Crippen LogP contribution in [0.3, 0.4) is 0 Å².